The quantitative estimate of drug-likeness (QED) is 0.225. The number of rotatable bonds is 9. The van der Waals surface area contributed by atoms with E-state index in [0.717, 1.165) is 11.1 Å². The normalized spacial score (nSPS) is 9.83. The molecule has 0 saturated carbocycles. The first-order valence-corrected chi connectivity index (χ1v) is 9.00. The lowest BCUT2D eigenvalue weighted by atomic mass is 10.0. The van der Waals surface area contributed by atoms with E-state index in [-0.39, 0.29) is 13.2 Å². The molecule has 150 valence electrons. The first kappa shape index (κ1) is 21.6. The number of nitrogens with zero attached hydrogens (tertiary/aromatic N) is 1. The topological polar surface area (TPSA) is 94.1 Å². The molecule has 0 atom stereocenters. The second kappa shape index (κ2) is 11.2. The second-order valence-corrected chi connectivity index (χ2v) is 6.27. The SMILES string of the molecule is C=C(C)C(=O)OCCCOC(=O)Nc1ccc(Cc2ccc(N=C=O)cc2)cc1. The van der Waals surface area contributed by atoms with E-state index in [9.17, 15) is 14.4 Å². The highest BCUT2D eigenvalue weighted by Gasteiger charge is 2.05. The lowest BCUT2D eigenvalue weighted by Gasteiger charge is -2.08. The van der Waals surface area contributed by atoms with Gasteiger partial charge in [0.05, 0.1) is 18.9 Å². The number of anilines is 1. The first-order valence-electron chi connectivity index (χ1n) is 9.00. The summed E-state index contributed by atoms with van der Waals surface area (Å²) in [5.41, 5.74) is 3.65. The monoisotopic (exact) mass is 394 g/mol. The van der Waals surface area contributed by atoms with Gasteiger partial charge in [0, 0.05) is 17.7 Å². The number of hydrogen-bond donors (Lipinski definition) is 1. The molecule has 29 heavy (non-hydrogen) atoms. The number of nitrogens with one attached hydrogen (secondary N) is 1. The van der Waals surface area contributed by atoms with Gasteiger partial charge in [-0.15, -0.1) is 0 Å². The molecule has 0 unspecified atom stereocenters. The summed E-state index contributed by atoms with van der Waals surface area (Å²) in [4.78, 5) is 36.8. The van der Waals surface area contributed by atoms with Crippen molar-refractivity contribution in [1.29, 1.82) is 0 Å². The molecule has 7 heteroatoms. The van der Waals surface area contributed by atoms with Crippen molar-refractivity contribution in [3.63, 3.8) is 0 Å². The highest BCUT2D eigenvalue weighted by molar-refractivity contribution is 5.87. The predicted octanol–water partition coefficient (Wildman–Crippen LogP) is 4.30. The molecule has 2 rings (SSSR count). The summed E-state index contributed by atoms with van der Waals surface area (Å²) in [6.45, 7) is 5.35. The van der Waals surface area contributed by atoms with Crippen molar-refractivity contribution in [1.82, 2.24) is 0 Å². The summed E-state index contributed by atoms with van der Waals surface area (Å²) >= 11 is 0. The zero-order chi connectivity index (χ0) is 21.1. The summed E-state index contributed by atoms with van der Waals surface area (Å²) in [5.74, 6) is -0.458. The van der Waals surface area contributed by atoms with E-state index in [4.69, 9.17) is 9.47 Å². The number of aliphatic imine (C=N–C) groups is 1. The van der Waals surface area contributed by atoms with Gasteiger partial charge >= 0.3 is 12.1 Å². The van der Waals surface area contributed by atoms with Crippen molar-refractivity contribution >= 4 is 29.5 Å². The Bertz CT molecular complexity index is 898. The van der Waals surface area contributed by atoms with Crippen molar-refractivity contribution < 1.29 is 23.9 Å². The van der Waals surface area contributed by atoms with Crippen LogP contribution in [0.25, 0.3) is 0 Å². The lowest BCUT2D eigenvalue weighted by molar-refractivity contribution is -0.139. The van der Waals surface area contributed by atoms with Crippen LogP contribution < -0.4 is 5.32 Å². The van der Waals surface area contributed by atoms with Crippen LogP contribution in [-0.4, -0.2) is 31.4 Å². The Balaban J connectivity index is 1.73. The molecule has 1 amide bonds. The van der Waals surface area contributed by atoms with E-state index in [2.05, 4.69) is 16.9 Å². The maximum Gasteiger partial charge on any atom is 0.411 e. The van der Waals surface area contributed by atoms with Gasteiger partial charge in [-0.2, -0.15) is 4.99 Å². The van der Waals surface area contributed by atoms with Crippen LogP contribution in [0, 0.1) is 0 Å². The smallest absolute Gasteiger partial charge is 0.411 e. The van der Waals surface area contributed by atoms with E-state index in [0.29, 0.717) is 29.8 Å². The Kier molecular flexibility index (Phi) is 8.35. The van der Waals surface area contributed by atoms with Crippen LogP contribution in [0.2, 0.25) is 0 Å². The van der Waals surface area contributed by atoms with E-state index in [1.807, 2.05) is 24.3 Å². The van der Waals surface area contributed by atoms with Gasteiger partial charge in [-0.1, -0.05) is 30.8 Å². The molecule has 0 fully saturated rings. The van der Waals surface area contributed by atoms with Crippen LogP contribution >= 0.6 is 0 Å². The minimum Gasteiger partial charge on any atom is -0.462 e. The maximum absolute atomic E-state index is 11.8. The summed E-state index contributed by atoms with van der Waals surface area (Å²) < 4.78 is 9.96. The molecule has 0 saturated heterocycles. The summed E-state index contributed by atoms with van der Waals surface area (Å²) in [6, 6.07) is 14.7. The van der Waals surface area contributed by atoms with E-state index in [1.165, 1.54) is 6.08 Å². The minimum absolute atomic E-state index is 0.136. The van der Waals surface area contributed by atoms with E-state index >= 15 is 0 Å². The fourth-order valence-electron chi connectivity index (χ4n) is 2.35. The van der Waals surface area contributed by atoms with Gasteiger partial charge < -0.3 is 9.47 Å². The number of esters is 1. The third kappa shape index (κ3) is 7.82. The predicted molar refractivity (Wildman–Crippen MR) is 109 cm³/mol. The number of ether oxygens (including phenoxy) is 2. The highest BCUT2D eigenvalue weighted by atomic mass is 16.6. The Morgan fingerprint density at radius 3 is 2.17 bits per heavy atom. The molecule has 0 aromatic heterocycles. The molecule has 0 aliphatic heterocycles. The van der Waals surface area contributed by atoms with Gasteiger partial charge in [0.1, 0.15) is 0 Å². The average Bonchev–Trinajstić information content (AvgIpc) is 2.70. The van der Waals surface area contributed by atoms with Crippen LogP contribution in [0.3, 0.4) is 0 Å². The van der Waals surface area contributed by atoms with Crippen molar-refractivity contribution in [2.45, 2.75) is 19.8 Å². The molecule has 0 bridgehead atoms. The van der Waals surface area contributed by atoms with Gasteiger partial charge in [-0.05, 0) is 48.7 Å². The molecule has 0 heterocycles. The third-order valence-electron chi connectivity index (χ3n) is 3.82. The number of isocyanates is 1. The molecular formula is C22H22N2O5. The molecule has 0 aliphatic rings. The van der Waals surface area contributed by atoms with Crippen LogP contribution in [-0.2, 0) is 25.5 Å². The number of carbonyl (C=O) groups is 2. The van der Waals surface area contributed by atoms with Gasteiger partial charge in [-0.3, -0.25) is 5.32 Å². The molecular weight excluding hydrogens is 372 g/mol. The van der Waals surface area contributed by atoms with E-state index in [1.54, 1.807) is 31.2 Å². The highest BCUT2D eigenvalue weighted by Crippen LogP contribution is 2.17. The zero-order valence-corrected chi connectivity index (χ0v) is 16.1. The van der Waals surface area contributed by atoms with Crippen molar-refractivity contribution in [3.8, 4) is 0 Å². The molecule has 0 radical (unpaired) electrons. The largest absolute Gasteiger partial charge is 0.462 e. The van der Waals surface area contributed by atoms with Gasteiger partial charge in [0.2, 0.25) is 6.08 Å². The molecule has 0 aliphatic carbocycles. The summed E-state index contributed by atoms with van der Waals surface area (Å²) in [7, 11) is 0. The molecule has 1 N–H and O–H groups in total. The van der Waals surface area contributed by atoms with Gasteiger partial charge in [0.15, 0.2) is 0 Å². The third-order valence-corrected chi connectivity index (χ3v) is 3.82. The molecule has 0 spiro atoms. The summed E-state index contributed by atoms with van der Waals surface area (Å²) in [5, 5.41) is 2.64. The van der Waals surface area contributed by atoms with Crippen LogP contribution in [0.4, 0.5) is 16.2 Å². The standard InChI is InChI=1S/C22H22N2O5/c1-16(2)21(26)28-12-3-13-29-22(27)24-20-10-6-18(7-11-20)14-17-4-8-19(9-5-17)23-15-25/h4-11H,1,3,12-14H2,2H3,(H,24,27). The van der Waals surface area contributed by atoms with Gasteiger partial charge in [0.25, 0.3) is 0 Å². The number of amides is 1. The fraction of sp³-hybridized carbons (Fsp3) is 0.227. The van der Waals surface area contributed by atoms with Crippen LogP contribution in [0.1, 0.15) is 24.5 Å². The molecule has 2 aromatic rings. The van der Waals surface area contributed by atoms with Crippen LogP contribution in [0.15, 0.2) is 65.7 Å². The summed E-state index contributed by atoms with van der Waals surface area (Å²) in [6.07, 6.45) is 2.05. The van der Waals surface area contributed by atoms with E-state index < -0.39 is 12.1 Å². The molecule has 2 aromatic carbocycles. The fourth-order valence-corrected chi connectivity index (χ4v) is 2.35. The maximum atomic E-state index is 11.8. The number of hydrogen-bond acceptors (Lipinski definition) is 6. The first-order chi connectivity index (χ1) is 14.0. The van der Waals surface area contributed by atoms with Crippen molar-refractivity contribution in [2.24, 2.45) is 4.99 Å². The van der Waals surface area contributed by atoms with Crippen molar-refractivity contribution in [2.75, 3.05) is 18.5 Å². The number of carbonyl (C=O) groups excluding carboxylic acids is 3. The zero-order valence-electron chi connectivity index (χ0n) is 16.1. The van der Waals surface area contributed by atoms with Crippen LogP contribution in [0.5, 0.6) is 0 Å². The van der Waals surface area contributed by atoms with Gasteiger partial charge in [-0.25, -0.2) is 14.4 Å². The second-order valence-electron chi connectivity index (χ2n) is 6.27. The average molecular weight is 394 g/mol. The Labute approximate surface area is 169 Å². The minimum atomic E-state index is -0.574. The Morgan fingerprint density at radius 1 is 1.00 bits per heavy atom. The Hall–Kier alpha value is -3.70. The number of benzene rings is 2. The molecule has 7 nitrogen and oxygen atoms in total. The Morgan fingerprint density at radius 2 is 1.59 bits per heavy atom. The van der Waals surface area contributed by atoms with Crippen molar-refractivity contribution in [3.05, 3.63) is 71.8 Å². The lowest BCUT2D eigenvalue weighted by Crippen LogP contribution is -2.16.